The number of rotatable bonds is 4. The van der Waals surface area contributed by atoms with Crippen LogP contribution in [0.15, 0.2) is 66.9 Å². The Morgan fingerprint density at radius 1 is 1.00 bits per heavy atom. The molecule has 3 rings (SSSR count). The zero-order chi connectivity index (χ0) is 16.9. The van der Waals surface area contributed by atoms with E-state index in [1.165, 1.54) is 0 Å². The molecule has 0 unspecified atom stereocenters. The lowest BCUT2D eigenvalue weighted by Gasteiger charge is -2.11. The number of halogens is 1. The van der Waals surface area contributed by atoms with E-state index in [9.17, 15) is 4.79 Å². The number of amides is 1. The van der Waals surface area contributed by atoms with Gasteiger partial charge in [0.05, 0.1) is 0 Å². The summed E-state index contributed by atoms with van der Waals surface area (Å²) in [6.45, 7) is 1.94. The highest BCUT2D eigenvalue weighted by Crippen LogP contribution is 2.26. The number of anilines is 3. The molecule has 0 saturated carbocycles. The monoisotopic (exact) mass is 337 g/mol. The zero-order valence-electron chi connectivity index (χ0n) is 13.1. The van der Waals surface area contributed by atoms with E-state index in [0.29, 0.717) is 10.7 Å². The number of nitrogens with zero attached hydrogens (tertiary/aromatic N) is 1. The Morgan fingerprint density at radius 2 is 1.79 bits per heavy atom. The number of carbonyl (C=O) groups excluding carboxylic acids is 1. The van der Waals surface area contributed by atoms with E-state index in [2.05, 4.69) is 15.6 Å². The lowest BCUT2D eigenvalue weighted by atomic mass is 10.2. The average Bonchev–Trinajstić information content (AvgIpc) is 2.60. The van der Waals surface area contributed by atoms with Crippen LogP contribution in [-0.2, 0) is 0 Å². The Bertz CT molecular complexity index is 865. The third kappa shape index (κ3) is 3.73. The van der Waals surface area contributed by atoms with E-state index in [1.54, 1.807) is 18.3 Å². The van der Waals surface area contributed by atoms with Crippen molar-refractivity contribution in [3.8, 4) is 0 Å². The Balaban J connectivity index is 1.79. The molecule has 1 heterocycles. The van der Waals surface area contributed by atoms with Crippen molar-refractivity contribution in [3.05, 3.63) is 83.1 Å². The van der Waals surface area contributed by atoms with E-state index >= 15 is 0 Å². The summed E-state index contributed by atoms with van der Waals surface area (Å²) in [5, 5.41) is 6.78. The van der Waals surface area contributed by atoms with Gasteiger partial charge >= 0.3 is 0 Å². The normalized spacial score (nSPS) is 10.2. The van der Waals surface area contributed by atoms with Gasteiger partial charge in [-0.3, -0.25) is 9.78 Å². The van der Waals surface area contributed by atoms with E-state index in [4.69, 9.17) is 11.6 Å². The second-order valence-electron chi connectivity index (χ2n) is 5.29. The van der Waals surface area contributed by atoms with Crippen molar-refractivity contribution in [3.63, 3.8) is 0 Å². The minimum Gasteiger partial charge on any atom is -0.355 e. The fourth-order valence-electron chi connectivity index (χ4n) is 2.25. The first kappa shape index (κ1) is 16.0. The van der Waals surface area contributed by atoms with Gasteiger partial charge in [0, 0.05) is 28.3 Å². The fourth-order valence-corrected chi connectivity index (χ4v) is 2.42. The lowest BCUT2D eigenvalue weighted by molar-refractivity contribution is 0.102. The first-order valence-corrected chi connectivity index (χ1v) is 7.86. The van der Waals surface area contributed by atoms with Crippen LogP contribution < -0.4 is 10.6 Å². The van der Waals surface area contributed by atoms with Crippen molar-refractivity contribution in [2.24, 2.45) is 0 Å². The summed E-state index contributed by atoms with van der Waals surface area (Å²) in [5.41, 5.74) is 3.68. The van der Waals surface area contributed by atoms with Gasteiger partial charge in [-0.2, -0.15) is 0 Å². The highest BCUT2D eigenvalue weighted by Gasteiger charge is 2.09. The van der Waals surface area contributed by atoms with E-state index in [-0.39, 0.29) is 5.91 Å². The molecule has 0 atom stereocenters. The van der Waals surface area contributed by atoms with Gasteiger partial charge in [-0.05, 0) is 48.9 Å². The molecule has 120 valence electrons. The summed E-state index contributed by atoms with van der Waals surface area (Å²) in [5.74, 6) is -0.257. The summed E-state index contributed by atoms with van der Waals surface area (Å²) in [6.07, 6.45) is 1.60. The van der Waals surface area contributed by atoms with Crippen molar-refractivity contribution in [1.29, 1.82) is 0 Å². The maximum Gasteiger partial charge on any atom is 0.274 e. The maximum absolute atomic E-state index is 12.3. The molecule has 0 radical (unpaired) electrons. The minimum absolute atomic E-state index is 0.257. The smallest absolute Gasteiger partial charge is 0.274 e. The average molecular weight is 338 g/mol. The third-order valence-electron chi connectivity index (χ3n) is 3.57. The largest absolute Gasteiger partial charge is 0.355 e. The molecule has 2 aromatic carbocycles. The molecule has 0 spiro atoms. The van der Waals surface area contributed by atoms with Crippen molar-refractivity contribution in [1.82, 2.24) is 4.98 Å². The highest BCUT2D eigenvalue weighted by atomic mass is 35.5. The van der Waals surface area contributed by atoms with Crippen LogP contribution in [0.5, 0.6) is 0 Å². The molecule has 3 aromatic rings. The summed E-state index contributed by atoms with van der Waals surface area (Å²) in [6, 6.07) is 18.4. The van der Waals surface area contributed by atoms with Crippen LogP contribution in [0.25, 0.3) is 0 Å². The highest BCUT2D eigenvalue weighted by molar-refractivity contribution is 6.31. The van der Waals surface area contributed by atoms with E-state index in [0.717, 1.165) is 22.6 Å². The molecule has 0 aliphatic carbocycles. The molecule has 0 aliphatic rings. The molecule has 0 fully saturated rings. The quantitative estimate of drug-likeness (QED) is 0.701. The molecule has 4 nitrogen and oxygen atoms in total. The van der Waals surface area contributed by atoms with Crippen molar-refractivity contribution in [2.45, 2.75) is 6.92 Å². The van der Waals surface area contributed by atoms with Crippen molar-refractivity contribution < 1.29 is 4.79 Å². The number of hydrogen-bond donors (Lipinski definition) is 2. The van der Waals surface area contributed by atoms with Crippen LogP contribution in [0, 0.1) is 6.92 Å². The van der Waals surface area contributed by atoms with Gasteiger partial charge in [0.25, 0.3) is 5.91 Å². The van der Waals surface area contributed by atoms with E-state index in [1.807, 2.05) is 55.5 Å². The molecule has 1 aromatic heterocycles. The van der Waals surface area contributed by atoms with Gasteiger partial charge in [0.1, 0.15) is 5.69 Å². The number of para-hydroxylation sites is 1. The van der Waals surface area contributed by atoms with Crippen LogP contribution in [0.1, 0.15) is 16.1 Å². The van der Waals surface area contributed by atoms with Gasteiger partial charge in [-0.1, -0.05) is 35.9 Å². The molecule has 0 bridgehead atoms. The number of nitrogens with one attached hydrogen (secondary N) is 2. The summed E-state index contributed by atoms with van der Waals surface area (Å²) in [7, 11) is 0. The summed E-state index contributed by atoms with van der Waals surface area (Å²) < 4.78 is 0. The summed E-state index contributed by atoms with van der Waals surface area (Å²) in [4.78, 5) is 16.5. The Hall–Kier alpha value is -2.85. The first-order valence-electron chi connectivity index (χ1n) is 7.48. The SMILES string of the molecule is Cc1c(Cl)cccc1Nc1ccnc(C(=O)Nc2ccccc2)c1. The minimum atomic E-state index is -0.257. The fraction of sp³-hybridized carbons (Fsp3) is 0.0526. The molecule has 5 heteroatoms. The Labute approximate surface area is 145 Å². The number of aromatic nitrogens is 1. The Morgan fingerprint density at radius 3 is 2.58 bits per heavy atom. The lowest BCUT2D eigenvalue weighted by Crippen LogP contribution is -2.13. The molecular formula is C19H16ClN3O. The van der Waals surface area contributed by atoms with Crippen molar-refractivity contribution >= 4 is 34.6 Å². The maximum atomic E-state index is 12.3. The number of pyridine rings is 1. The zero-order valence-corrected chi connectivity index (χ0v) is 13.8. The molecule has 0 saturated heterocycles. The topological polar surface area (TPSA) is 54.0 Å². The van der Waals surface area contributed by atoms with Gasteiger partial charge in [0.2, 0.25) is 0 Å². The number of benzene rings is 2. The van der Waals surface area contributed by atoms with Crippen LogP contribution >= 0.6 is 11.6 Å². The van der Waals surface area contributed by atoms with Crippen LogP contribution in [-0.4, -0.2) is 10.9 Å². The standard InChI is InChI=1S/C19H16ClN3O/c1-13-16(20)8-5-9-17(13)22-15-10-11-21-18(12-15)19(24)23-14-6-3-2-4-7-14/h2-12H,1H3,(H,21,22)(H,23,24). The number of carbonyl (C=O) groups is 1. The molecular weight excluding hydrogens is 322 g/mol. The third-order valence-corrected chi connectivity index (χ3v) is 3.98. The van der Waals surface area contributed by atoms with Gasteiger partial charge in [-0.25, -0.2) is 0 Å². The molecule has 24 heavy (non-hydrogen) atoms. The van der Waals surface area contributed by atoms with Crippen LogP contribution in [0.2, 0.25) is 5.02 Å². The summed E-state index contributed by atoms with van der Waals surface area (Å²) >= 11 is 6.14. The number of hydrogen-bond acceptors (Lipinski definition) is 3. The second-order valence-corrected chi connectivity index (χ2v) is 5.69. The first-order chi connectivity index (χ1) is 11.6. The van der Waals surface area contributed by atoms with Gasteiger partial charge in [-0.15, -0.1) is 0 Å². The Kier molecular flexibility index (Phi) is 4.77. The molecule has 1 amide bonds. The van der Waals surface area contributed by atoms with Gasteiger partial charge < -0.3 is 10.6 Å². The van der Waals surface area contributed by atoms with Crippen LogP contribution in [0.3, 0.4) is 0 Å². The predicted octanol–water partition coefficient (Wildman–Crippen LogP) is 5.04. The van der Waals surface area contributed by atoms with Crippen LogP contribution in [0.4, 0.5) is 17.1 Å². The molecule has 0 aliphatic heterocycles. The molecule has 2 N–H and O–H groups in total. The predicted molar refractivity (Wildman–Crippen MR) is 98.1 cm³/mol. The van der Waals surface area contributed by atoms with Crippen molar-refractivity contribution in [2.75, 3.05) is 10.6 Å². The van der Waals surface area contributed by atoms with Gasteiger partial charge in [0.15, 0.2) is 0 Å². The second kappa shape index (κ2) is 7.15. The van der Waals surface area contributed by atoms with E-state index < -0.39 is 0 Å².